The molecule has 0 rings (SSSR count). The zero-order valence-electron chi connectivity index (χ0n) is 7.98. The lowest BCUT2D eigenvalue weighted by Crippen LogP contribution is -2.10. The van der Waals surface area contributed by atoms with Gasteiger partial charge in [0.15, 0.2) is 0 Å². The van der Waals surface area contributed by atoms with Crippen LogP contribution >= 0.6 is 0 Å². The molecule has 0 aromatic rings. The summed E-state index contributed by atoms with van der Waals surface area (Å²) >= 11 is 0. The molecule has 0 aliphatic carbocycles. The Morgan fingerprint density at radius 2 is 2.27 bits per heavy atom. The largest absolute Gasteiger partial charge is 0.384 e. The van der Waals surface area contributed by atoms with Gasteiger partial charge >= 0.3 is 0 Å². The fraction of sp³-hybridized carbons (Fsp3) is 0.778. The molecule has 2 nitrogen and oxygen atoms in total. The third-order valence-electron chi connectivity index (χ3n) is 1.45. The van der Waals surface area contributed by atoms with Gasteiger partial charge in [0.05, 0.1) is 6.61 Å². The molecule has 0 saturated carbocycles. The molecule has 0 amide bonds. The molecule has 0 aliphatic heterocycles. The molecule has 0 bridgehead atoms. The van der Waals surface area contributed by atoms with Crippen molar-refractivity contribution in [1.82, 2.24) is 5.32 Å². The summed E-state index contributed by atoms with van der Waals surface area (Å²) < 4.78 is 5.02. The van der Waals surface area contributed by atoms with Crippen molar-refractivity contribution in [2.75, 3.05) is 27.3 Å². The Kier molecular flexibility index (Phi) is 6.18. The lowest BCUT2D eigenvalue weighted by Gasteiger charge is -2.06. The van der Waals surface area contributed by atoms with Crippen molar-refractivity contribution in [1.29, 1.82) is 0 Å². The van der Waals surface area contributed by atoms with Gasteiger partial charge in [-0.25, -0.2) is 0 Å². The van der Waals surface area contributed by atoms with Crippen LogP contribution in [0.5, 0.6) is 0 Å². The number of likely N-dealkylation sites (N-methyl/N-ethyl adjacent to an activating group) is 1. The summed E-state index contributed by atoms with van der Waals surface area (Å²) in [6.45, 7) is 6.06. The van der Waals surface area contributed by atoms with Gasteiger partial charge in [-0.15, -0.1) is 0 Å². The average Bonchev–Trinajstić information content (AvgIpc) is 1.87. The van der Waals surface area contributed by atoms with Gasteiger partial charge in [0.25, 0.3) is 0 Å². The van der Waals surface area contributed by atoms with E-state index in [0.717, 1.165) is 13.2 Å². The Bertz CT molecular complexity index is 121. The van der Waals surface area contributed by atoms with Crippen LogP contribution in [0, 0.1) is 5.92 Å². The molecule has 0 aliphatic rings. The molecular formula is C9H19NO. The third kappa shape index (κ3) is 6.07. The molecule has 0 aromatic heterocycles. The van der Waals surface area contributed by atoms with Gasteiger partial charge in [-0.05, 0) is 19.9 Å². The summed E-state index contributed by atoms with van der Waals surface area (Å²) in [6.07, 6.45) is 2.24. The van der Waals surface area contributed by atoms with Crippen LogP contribution < -0.4 is 5.32 Å². The Hall–Kier alpha value is -0.340. The first-order chi connectivity index (χ1) is 5.20. The predicted molar refractivity (Wildman–Crippen MR) is 48.7 cm³/mol. The Morgan fingerprint density at radius 3 is 2.73 bits per heavy atom. The number of hydrogen-bond acceptors (Lipinski definition) is 2. The minimum absolute atomic E-state index is 0.522. The van der Waals surface area contributed by atoms with Crippen LogP contribution in [0.25, 0.3) is 0 Å². The molecule has 1 unspecified atom stereocenters. The van der Waals surface area contributed by atoms with Crippen LogP contribution in [0.3, 0.4) is 0 Å². The predicted octanol–water partition coefficient (Wildman–Crippen LogP) is 1.43. The highest BCUT2D eigenvalue weighted by molar-refractivity contribution is 5.01. The molecule has 2 heteroatoms. The van der Waals surface area contributed by atoms with Crippen molar-refractivity contribution in [3.05, 3.63) is 11.6 Å². The second-order valence-electron chi connectivity index (χ2n) is 2.98. The lowest BCUT2D eigenvalue weighted by molar-refractivity contribution is 0.176. The third-order valence-corrected chi connectivity index (χ3v) is 1.45. The van der Waals surface area contributed by atoms with E-state index in [0.29, 0.717) is 5.92 Å². The highest BCUT2D eigenvalue weighted by Crippen LogP contribution is 2.01. The first-order valence-electron chi connectivity index (χ1n) is 4.01. The van der Waals surface area contributed by atoms with Gasteiger partial charge in [0, 0.05) is 13.7 Å². The van der Waals surface area contributed by atoms with Crippen molar-refractivity contribution in [3.8, 4) is 0 Å². The quantitative estimate of drug-likeness (QED) is 0.610. The maximum Gasteiger partial charge on any atom is 0.0522 e. The summed E-state index contributed by atoms with van der Waals surface area (Å²) in [6, 6.07) is 0. The molecule has 0 radical (unpaired) electrons. The van der Waals surface area contributed by atoms with Crippen LogP contribution in [0.15, 0.2) is 11.6 Å². The van der Waals surface area contributed by atoms with E-state index in [9.17, 15) is 0 Å². The van der Waals surface area contributed by atoms with Gasteiger partial charge in [-0.3, -0.25) is 0 Å². The lowest BCUT2D eigenvalue weighted by atomic mass is 10.1. The monoisotopic (exact) mass is 157 g/mol. The van der Waals surface area contributed by atoms with Gasteiger partial charge in [-0.2, -0.15) is 0 Å². The number of methoxy groups -OCH3 is 1. The molecule has 11 heavy (non-hydrogen) atoms. The molecule has 0 heterocycles. The topological polar surface area (TPSA) is 21.3 Å². The Labute approximate surface area is 69.6 Å². The molecule has 0 fully saturated rings. The normalized spacial score (nSPS) is 15.1. The van der Waals surface area contributed by atoms with Crippen molar-refractivity contribution >= 4 is 0 Å². The van der Waals surface area contributed by atoms with E-state index in [1.807, 2.05) is 7.05 Å². The zero-order valence-corrected chi connectivity index (χ0v) is 7.98. The van der Waals surface area contributed by atoms with Crippen LogP contribution in [-0.4, -0.2) is 27.3 Å². The van der Waals surface area contributed by atoms with E-state index >= 15 is 0 Å². The summed E-state index contributed by atoms with van der Waals surface area (Å²) in [5, 5.41) is 3.11. The first kappa shape index (κ1) is 10.7. The maximum absolute atomic E-state index is 5.02. The van der Waals surface area contributed by atoms with Crippen molar-refractivity contribution in [2.45, 2.75) is 13.8 Å². The van der Waals surface area contributed by atoms with Crippen LogP contribution in [0.2, 0.25) is 0 Å². The van der Waals surface area contributed by atoms with Gasteiger partial charge in [0.2, 0.25) is 0 Å². The fourth-order valence-corrected chi connectivity index (χ4v) is 1.13. The number of rotatable bonds is 5. The van der Waals surface area contributed by atoms with Crippen LogP contribution in [0.1, 0.15) is 13.8 Å². The van der Waals surface area contributed by atoms with E-state index in [2.05, 4.69) is 25.2 Å². The van der Waals surface area contributed by atoms with Crippen LogP contribution in [0.4, 0.5) is 0 Å². The SMILES string of the molecule is CNCC(C)=CC(C)COC. The molecule has 0 aromatic carbocycles. The summed E-state index contributed by atoms with van der Waals surface area (Å²) in [5.74, 6) is 0.522. The van der Waals surface area contributed by atoms with E-state index in [1.54, 1.807) is 7.11 Å². The highest BCUT2D eigenvalue weighted by atomic mass is 16.5. The number of hydrogen-bond donors (Lipinski definition) is 1. The smallest absolute Gasteiger partial charge is 0.0522 e. The number of nitrogens with one attached hydrogen (secondary N) is 1. The van der Waals surface area contributed by atoms with Gasteiger partial charge in [0.1, 0.15) is 0 Å². The van der Waals surface area contributed by atoms with Crippen molar-refractivity contribution in [3.63, 3.8) is 0 Å². The van der Waals surface area contributed by atoms with E-state index < -0.39 is 0 Å². The zero-order chi connectivity index (χ0) is 8.69. The van der Waals surface area contributed by atoms with Crippen molar-refractivity contribution in [2.24, 2.45) is 5.92 Å². The molecule has 1 atom stereocenters. The molecular weight excluding hydrogens is 138 g/mol. The highest BCUT2D eigenvalue weighted by Gasteiger charge is 1.96. The van der Waals surface area contributed by atoms with Gasteiger partial charge in [-0.1, -0.05) is 18.6 Å². The summed E-state index contributed by atoms with van der Waals surface area (Å²) in [5.41, 5.74) is 1.37. The van der Waals surface area contributed by atoms with Crippen LogP contribution in [-0.2, 0) is 4.74 Å². The fourth-order valence-electron chi connectivity index (χ4n) is 1.13. The van der Waals surface area contributed by atoms with Gasteiger partial charge < -0.3 is 10.1 Å². The Balaban J connectivity index is 3.66. The minimum Gasteiger partial charge on any atom is -0.384 e. The maximum atomic E-state index is 5.02. The first-order valence-corrected chi connectivity index (χ1v) is 4.01. The second-order valence-corrected chi connectivity index (χ2v) is 2.98. The molecule has 0 saturated heterocycles. The summed E-state index contributed by atoms with van der Waals surface area (Å²) in [4.78, 5) is 0. The Morgan fingerprint density at radius 1 is 1.64 bits per heavy atom. The van der Waals surface area contributed by atoms with Crippen molar-refractivity contribution < 1.29 is 4.74 Å². The van der Waals surface area contributed by atoms with E-state index in [-0.39, 0.29) is 0 Å². The number of ether oxygens (including phenoxy) is 1. The summed E-state index contributed by atoms with van der Waals surface area (Å²) in [7, 11) is 3.69. The van der Waals surface area contributed by atoms with E-state index in [4.69, 9.17) is 4.74 Å². The molecule has 66 valence electrons. The average molecular weight is 157 g/mol. The standard InChI is InChI=1S/C9H19NO/c1-8(6-10-3)5-9(2)7-11-4/h5,9-10H,6-7H2,1-4H3. The van der Waals surface area contributed by atoms with E-state index in [1.165, 1.54) is 5.57 Å². The molecule has 0 spiro atoms. The molecule has 1 N–H and O–H groups in total. The minimum atomic E-state index is 0.522. The second kappa shape index (κ2) is 6.38.